The number of aromatic nitrogens is 3. The molecule has 5 heterocycles. The van der Waals surface area contributed by atoms with Crippen molar-refractivity contribution in [2.45, 2.75) is 97.2 Å². The van der Waals surface area contributed by atoms with E-state index in [1.165, 1.54) is 9.78 Å². The number of aryl methyl sites for hydroxylation is 2. The Hall–Kier alpha value is -4.96. The van der Waals surface area contributed by atoms with Gasteiger partial charge in [-0.2, -0.15) is 0 Å². The second kappa shape index (κ2) is 19.4. The maximum atomic E-state index is 13.3. The summed E-state index contributed by atoms with van der Waals surface area (Å²) in [6, 6.07) is 11.6. The quantitative estimate of drug-likeness (QED) is 0.0776. The number of amides is 5. The minimum absolute atomic E-state index is 0. The topological polar surface area (TPSA) is 180 Å². The molecule has 312 valence electrons. The zero-order valence-electron chi connectivity index (χ0n) is 33.4. The van der Waals surface area contributed by atoms with Gasteiger partial charge in [0.05, 0.1) is 12.1 Å². The Labute approximate surface area is 358 Å². The number of benzene rings is 2. The molecule has 59 heavy (non-hydrogen) atoms. The number of unbranched alkanes of at least 4 members (excludes halogenated alkanes) is 3. The van der Waals surface area contributed by atoms with Crippen LogP contribution in [-0.2, 0) is 25.7 Å². The molecule has 0 radical (unpaired) electrons. The van der Waals surface area contributed by atoms with E-state index in [1.54, 1.807) is 29.5 Å². The third-order valence-electron chi connectivity index (χ3n) is 11.0. The molecule has 7 rings (SSSR count). The minimum Gasteiger partial charge on any atom is -0.356 e. The van der Waals surface area contributed by atoms with Gasteiger partial charge in [0.25, 0.3) is 5.91 Å². The number of fused-ring (bicyclic) bond motifs is 4. The summed E-state index contributed by atoms with van der Waals surface area (Å²) >= 11 is 7.90. The van der Waals surface area contributed by atoms with Crippen molar-refractivity contribution in [2.75, 3.05) is 25.0 Å². The van der Waals surface area contributed by atoms with Crippen LogP contribution in [0, 0.1) is 20.8 Å². The molecule has 1 fully saturated rings. The second-order valence-electron chi connectivity index (χ2n) is 15.0. The van der Waals surface area contributed by atoms with Crippen molar-refractivity contribution in [1.29, 1.82) is 0 Å². The van der Waals surface area contributed by atoms with Gasteiger partial charge in [-0.1, -0.05) is 42.6 Å². The molecule has 1 unspecified atom stereocenters. The van der Waals surface area contributed by atoms with Gasteiger partial charge < -0.3 is 20.9 Å². The van der Waals surface area contributed by atoms with E-state index in [1.807, 2.05) is 35.8 Å². The number of thiophene rings is 1. The highest BCUT2D eigenvalue weighted by molar-refractivity contribution is 7.15. The van der Waals surface area contributed by atoms with Crippen LogP contribution in [0.5, 0.6) is 0 Å². The number of halogens is 2. The number of carbonyl (C=O) groups excluding carboxylic acids is 5. The Bertz CT molecular complexity index is 2270. The van der Waals surface area contributed by atoms with Crippen LogP contribution in [0.3, 0.4) is 0 Å². The first-order valence-electron chi connectivity index (χ1n) is 19.9. The molecule has 2 aromatic carbocycles. The lowest BCUT2D eigenvalue weighted by atomic mass is 9.99. The first-order valence-corrected chi connectivity index (χ1v) is 21.1. The summed E-state index contributed by atoms with van der Waals surface area (Å²) in [5, 5.41) is 22.3. The molecule has 4 N–H and O–H groups in total. The molecule has 2 atom stereocenters. The number of hydrogen-bond acceptors (Lipinski definition) is 10. The summed E-state index contributed by atoms with van der Waals surface area (Å²) in [5.41, 5.74) is 5.66. The van der Waals surface area contributed by atoms with E-state index in [0.717, 1.165) is 78.4 Å². The van der Waals surface area contributed by atoms with Crippen molar-refractivity contribution >= 4 is 76.3 Å². The molecular formula is C42H49Cl2N9O5S. The van der Waals surface area contributed by atoms with Gasteiger partial charge in [-0.05, 0) is 89.4 Å². The third-order valence-corrected chi connectivity index (χ3v) is 12.4. The third kappa shape index (κ3) is 9.75. The van der Waals surface area contributed by atoms with Crippen molar-refractivity contribution in [1.82, 2.24) is 35.6 Å². The molecule has 0 spiro atoms. The van der Waals surface area contributed by atoms with E-state index in [2.05, 4.69) is 45.3 Å². The molecule has 0 saturated carbocycles. The van der Waals surface area contributed by atoms with Crippen LogP contribution in [0.1, 0.15) is 113 Å². The first-order chi connectivity index (χ1) is 28.0. The van der Waals surface area contributed by atoms with Crippen molar-refractivity contribution < 1.29 is 24.0 Å². The first kappa shape index (κ1) is 43.6. The zero-order valence-corrected chi connectivity index (χ0v) is 35.7. The number of carbonyl (C=O) groups is 5. The molecule has 1 saturated heterocycles. The highest BCUT2D eigenvalue weighted by Gasteiger charge is 2.40. The Morgan fingerprint density at radius 1 is 0.932 bits per heavy atom. The molecule has 0 bridgehead atoms. The highest BCUT2D eigenvalue weighted by atomic mass is 35.5. The van der Waals surface area contributed by atoms with E-state index >= 15 is 0 Å². The molecule has 3 aliphatic rings. The Morgan fingerprint density at radius 2 is 1.69 bits per heavy atom. The van der Waals surface area contributed by atoms with Gasteiger partial charge in [0.1, 0.15) is 22.9 Å². The number of hydrogen-bond donors (Lipinski definition) is 4. The van der Waals surface area contributed by atoms with Gasteiger partial charge in [-0.3, -0.25) is 38.8 Å². The fraction of sp³-hybridized carbons (Fsp3) is 0.429. The molecule has 0 aliphatic carbocycles. The fourth-order valence-corrected chi connectivity index (χ4v) is 9.09. The van der Waals surface area contributed by atoms with Gasteiger partial charge in [0.15, 0.2) is 5.82 Å². The van der Waals surface area contributed by atoms with Gasteiger partial charge in [0.2, 0.25) is 23.6 Å². The van der Waals surface area contributed by atoms with Crippen molar-refractivity contribution in [3.63, 3.8) is 0 Å². The Kier molecular flexibility index (Phi) is 14.3. The molecule has 4 aromatic rings. The highest BCUT2D eigenvalue weighted by Crippen LogP contribution is 2.40. The lowest BCUT2D eigenvalue weighted by Crippen LogP contribution is -2.52. The molecule has 5 amide bonds. The summed E-state index contributed by atoms with van der Waals surface area (Å²) in [6.07, 6.45) is 5.35. The van der Waals surface area contributed by atoms with Crippen LogP contribution >= 0.6 is 35.3 Å². The molecule has 14 nitrogen and oxygen atoms in total. The van der Waals surface area contributed by atoms with Crippen LogP contribution < -0.4 is 21.3 Å². The van der Waals surface area contributed by atoms with Crippen LogP contribution in [0.4, 0.5) is 5.69 Å². The van der Waals surface area contributed by atoms with Crippen molar-refractivity contribution in [3.8, 4) is 5.00 Å². The maximum absolute atomic E-state index is 13.3. The number of piperidine rings is 1. The van der Waals surface area contributed by atoms with E-state index in [9.17, 15) is 24.0 Å². The smallest absolute Gasteiger partial charge is 0.255 e. The van der Waals surface area contributed by atoms with Gasteiger partial charge >= 0.3 is 0 Å². The average Bonchev–Trinajstić information content (AvgIpc) is 3.81. The van der Waals surface area contributed by atoms with Gasteiger partial charge in [-0.15, -0.1) is 33.9 Å². The summed E-state index contributed by atoms with van der Waals surface area (Å²) in [5.74, 6) is 0.120. The minimum atomic E-state index is -0.704. The number of anilines is 1. The largest absolute Gasteiger partial charge is 0.356 e. The number of imide groups is 1. The van der Waals surface area contributed by atoms with Crippen molar-refractivity contribution in [3.05, 3.63) is 91.8 Å². The number of nitrogens with one attached hydrogen (secondary N) is 4. The van der Waals surface area contributed by atoms with Crippen LogP contribution in [0.15, 0.2) is 47.5 Å². The van der Waals surface area contributed by atoms with Crippen LogP contribution in [-0.4, -0.2) is 80.6 Å². The lowest BCUT2D eigenvalue weighted by molar-refractivity contribution is -0.137. The second-order valence-corrected chi connectivity index (χ2v) is 16.6. The lowest BCUT2D eigenvalue weighted by Gasteiger charge is -2.29. The van der Waals surface area contributed by atoms with E-state index < -0.39 is 18.0 Å². The monoisotopic (exact) mass is 861 g/mol. The summed E-state index contributed by atoms with van der Waals surface area (Å²) in [6.45, 7) is 8.48. The summed E-state index contributed by atoms with van der Waals surface area (Å²) in [7, 11) is 0. The van der Waals surface area contributed by atoms with Gasteiger partial charge in [0, 0.05) is 63.8 Å². The molecule has 17 heteroatoms. The number of rotatable bonds is 16. The zero-order chi connectivity index (χ0) is 40.9. The molecule has 2 aromatic heterocycles. The predicted octanol–water partition coefficient (Wildman–Crippen LogP) is 6.06. The summed E-state index contributed by atoms with van der Waals surface area (Å²) < 4.78 is 2.05. The fourth-order valence-electron chi connectivity index (χ4n) is 7.75. The SMILES string of the molecule is Cc1sc2c(c1C)C(c1ccc(Cl)cc1)=N[C@@H](CC(=O)NCCCNCCCCCCC(=O)Nc1cccc3c1CN(C1CCC(=O)NC1=O)C3=O)c1nnc(C)n1-2.Cl. The Morgan fingerprint density at radius 3 is 2.47 bits per heavy atom. The standard InChI is InChI=1S/C42H48ClN9O5S.ClH/c1-24-25(2)58-42-37(24)38(27-13-15-28(43)16-14-27)47-32(39-50-49-26(3)52(39)42)22-36(55)45-21-9-20-44-19-7-5-4-6-12-34(53)46-31-11-8-10-29-30(31)23-51(41(29)57)33-17-18-35(54)48-40(33)56;/h8,10-11,13-16,32-33,44H,4-7,9,12,17-23H2,1-3H3,(H,45,55)(H,46,53)(H,48,54,56);1H/t32-,33?;/m0./s1. The summed E-state index contributed by atoms with van der Waals surface area (Å²) in [4.78, 5) is 71.0. The normalized spacial score (nSPS) is 17.0. The Balaban J connectivity index is 0.00000585. The van der Waals surface area contributed by atoms with Crippen molar-refractivity contribution in [2.24, 2.45) is 4.99 Å². The molecule has 3 aliphatic heterocycles. The average molecular weight is 863 g/mol. The van der Waals surface area contributed by atoms with E-state index in [-0.39, 0.29) is 61.8 Å². The van der Waals surface area contributed by atoms with E-state index in [4.69, 9.17) is 16.6 Å². The number of aliphatic imine (C=N–C) groups is 1. The maximum Gasteiger partial charge on any atom is 0.255 e. The van der Waals surface area contributed by atoms with Gasteiger partial charge in [-0.25, -0.2) is 0 Å². The molecular weight excluding hydrogens is 813 g/mol. The number of nitrogens with zero attached hydrogens (tertiary/aromatic N) is 5. The predicted molar refractivity (Wildman–Crippen MR) is 230 cm³/mol. The van der Waals surface area contributed by atoms with Crippen LogP contribution in [0.25, 0.3) is 5.00 Å². The van der Waals surface area contributed by atoms with E-state index in [0.29, 0.717) is 40.6 Å². The van der Waals surface area contributed by atoms with Crippen LogP contribution in [0.2, 0.25) is 5.02 Å².